The van der Waals surface area contributed by atoms with Crippen molar-refractivity contribution in [2.75, 3.05) is 18.6 Å². The third-order valence-electron chi connectivity index (χ3n) is 6.18. The largest absolute Gasteiger partial charge is 0.343 e. The predicted molar refractivity (Wildman–Crippen MR) is 116 cm³/mol. The summed E-state index contributed by atoms with van der Waals surface area (Å²) in [6.45, 7) is 1.79. The van der Waals surface area contributed by atoms with Gasteiger partial charge in [0, 0.05) is 34.4 Å². The fourth-order valence-electron chi connectivity index (χ4n) is 4.37. The van der Waals surface area contributed by atoms with E-state index in [-0.39, 0.29) is 29.9 Å². The number of amides is 2. The lowest BCUT2D eigenvalue weighted by Gasteiger charge is -2.31. The molecule has 2 aliphatic rings. The smallest absolute Gasteiger partial charge is 0.245 e. The molecule has 2 heterocycles. The third-order valence-corrected chi connectivity index (χ3v) is 7.60. The lowest BCUT2D eigenvalue weighted by atomic mass is 10.1. The van der Waals surface area contributed by atoms with Gasteiger partial charge in [0.2, 0.25) is 11.8 Å². The molecular weight excluding hydrogens is 386 g/mol. The molecule has 0 aliphatic carbocycles. The Morgan fingerprint density at radius 3 is 2.69 bits per heavy atom. The van der Waals surface area contributed by atoms with Gasteiger partial charge >= 0.3 is 0 Å². The molecule has 0 saturated carbocycles. The fourth-order valence-corrected chi connectivity index (χ4v) is 5.75. The molecule has 6 nitrogen and oxygen atoms in total. The van der Waals surface area contributed by atoms with E-state index in [1.165, 1.54) is 5.56 Å². The molecule has 0 bridgehead atoms. The molecule has 2 saturated heterocycles. The first kappa shape index (κ1) is 22.0. The molecule has 29 heavy (non-hydrogen) atoms. The molecule has 1 aromatic rings. The zero-order valence-electron chi connectivity index (χ0n) is 17.4. The first-order chi connectivity index (χ1) is 14.0. The molecule has 2 aliphatic heterocycles. The van der Waals surface area contributed by atoms with Gasteiger partial charge in [0.15, 0.2) is 0 Å². The normalized spacial score (nSPS) is 26.5. The number of nitrogens with one attached hydrogen (secondary N) is 2. The van der Waals surface area contributed by atoms with E-state index in [0.717, 1.165) is 32.1 Å². The van der Waals surface area contributed by atoms with Crippen LogP contribution in [0.3, 0.4) is 0 Å². The summed E-state index contributed by atoms with van der Waals surface area (Å²) in [4.78, 5) is 27.5. The number of aryl methyl sites for hydroxylation is 1. The van der Waals surface area contributed by atoms with E-state index in [1.54, 1.807) is 14.0 Å². The van der Waals surface area contributed by atoms with Gasteiger partial charge in [-0.25, -0.2) is 0 Å². The minimum atomic E-state index is -0.968. The number of hydrogen-bond donors (Lipinski definition) is 2. The van der Waals surface area contributed by atoms with Gasteiger partial charge in [-0.1, -0.05) is 30.3 Å². The molecule has 0 spiro atoms. The Bertz CT molecular complexity index is 727. The summed E-state index contributed by atoms with van der Waals surface area (Å²) in [6, 6.07) is 9.53. The summed E-state index contributed by atoms with van der Waals surface area (Å²) in [6.07, 6.45) is 5.24. The van der Waals surface area contributed by atoms with Crippen LogP contribution in [0.4, 0.5) is 0 Å². The third kappa shape index (κ3) is 5.66. The van der Waals surface area contributed by atoms with Gasteiger partial charge in [-0.2, -0.15) is 0 Å². The van der Waals surface area contributed by atoms with Gasteiger partial charge in [-0.15, -0.1) is 0 Å². The maximum absolute atomic E-state index is 13.2. The van der Waals surface area contributed by atoms with Crippen LogP contribution in [-0.4, -0.2) is 63.6 Å². The van der Waals surface area contributed by atoms with Gasteiger partial charge in [-0.05, 0) is 58.1 Å². The van der Waals surface area contributed by atoms with Crippen molar-refractivity contribution in [1.82, 2.24) is 15.5 Å². The van der Waals surface area contributed by atoms with Crippen LogP contribution in [-0.2, 0) is 26.8 Å². The van der Waals surface area contributed by atoms with Crippen LogP contribution in [0.2, 0.25) is 0 Å². The molecule has 2 N–H and O–H groups in total. The Kier molecular flexibility index (Phi) is 7.84. The number of nitrogens with zero attached hydrogens (tertiary/aromatic N) is 1. The molecule has 0 radical (unpaired) electrons. The zero-order valence-corrected chi connectivity index (χ0v) is 18.2. The molecule has 1 aromatic carbocycles. The number of likely N-dealkylation sites (N-methyl/N-ethyl adjacent to an activating group) is 1. The van der Waals surface area contributed by atoms with Crippen LogP contribution < -0.4 is 10.6 Å². The second-order valence-electron chi connectivity index (χ2n) is 8.18. The van der Waals surface area contributed by atoms with E-state index in [0.29, 0.717) is 17.9 Å². The Morgan fingerprint density at radius 1 is 1.21 bits per heavy atom. The summed E-state index contributed by atoms with van der Waals surface area (Å²) < 4.78 is 12.7. The van der Waals surface area contributed by atoms with Crippen LogP contribution in [0, 0.1) is 0 Å². The summed E-state index contributed by atoms with van der Waals surface area (Å²) >= 11 is 0. The fraction of sp³-hybridized carbons (Fsp3) is 0.636. The Hall–Kier alpha value is -1.73. The summed E-state index contributed by atoms with van der Waals surface area (Å²) in [5, 5.41) is 5.84. The minimum absolute atomic E-state index is 0.00622. The molecule has 5 atom stereocenters. The molecule has 0 aromatic heterocycles. The number of hydrogen-bond acceptors (Lipinski definition) is 4. The lowest BCUT2D eigenvalue weighted by Crippen LogP contribution is -2.54. The number of rotatable bonds is 8. The SMILES string of the molecule is CNC(C)C(=O)N[C@H]1CCC[C@H]2CC[C@@H](CS(=O)CCc3ccccc3)N2C1=O. The number of benzene rings is 1. The van der Waals surface area contributed by atoms with Gasteiger partial charge in [0.05, 0.1) is 6.04 Å². The summed E-state index contributed by atoms with van der Waals surface area (Å²) in [7, 11) is 0.765. The molecular formula is C22H33N3O3S. The summed E-state index contributed by atoms with van der Waals surface area (Å²) in [5.74, 6) is 1.01. The van der Waals surface area contributed by atoms with Crippen molar-refractivity contribution in [1.29, 1.82) is 0 Å². The van der Waals surface area contributed by atoms with Crippen molar-refractivity contribution in [3.63, 3.8) is 0 Å². The van der Waals surface area contributed by atoms with Crippen LogP contribution in [0.25, 0.3) is 0 Å². The highest BCUT2D eigenvalue weighted by Crippen LogP contribution is 2.32. The molecule has 2 fully saturated rings. The highest BCUT2D eigenvalue weighted by molar-refractivity contribution is 7.85. The van der Waals surface area contributed by atoms with Gasteiger partial charge in [0.25, 0.3) is 0 Å². The van der Waals surface area contributed by atoms with Gasteiger partial charge in [-0.3, -0.25) is 13.8 Å². The number of carbonyl (C=O) groups excluding carboxylic acids is 2. The monoisotopic (exact) mass is 419 g/mol. The van der Waals surface area contributed by atoms with Crippen LogP contribution in [0.5, 0.6) is 0 Å². The zero-order chi connectivity index (χ0) is 20.8. The van der Waals surface area contributed by atoms with E-state index in [9.17, 15) is 13.8 Å². The van der Waals surface area contributed by atoms with E-state index in [2.05, 4.69) is 22.8 Å². The van der Waals surface area contributed by atoms with E-state index in [4.69, 9.17) is 0 Å². The number of carbonyl (C=O) groups is 2. The average molecular weight is 420 g/mol. The first-order valence-electron chi connectivity index (χ1n) is 10.7. The topological polar surface area (TPSA) is 78.5 Å². The highest BCUT2D eigenvalue weighted by Gasteiger charge is 2.42. The molecule has 160 valence electrons. The van der Waals surface area contributed by atoms with Crippen LogP contribution >= 0.6 is 0 Å². The van der Waals surface area contributed by atoms with Crippen molar-refractivity contribution in [3.05, 3.63) is 35.9 Å². The van der Waals surface area contributed by atoms with Gasteiger partial charge in [0.1, 0.15) is 6.04 Å². The average Bonchev–Trinajstić information content (AvgIpc) is 3.05. The van der Waals surface area contributed by atoms with Crippen molar-refractivity contribution in [2.45, 2.75) is 69.6 Å². The summed E-state index contributed by atoms with van der Waals surface area (Å²) in [5.41, 5.74) is 1.19. The highest BCUT2D eigenvalue weighted by atomic mass is 32.2. The maximum atomic E-state index is 13.2. The lowest BCUT2D eigenvalue weighted by molar-refractivity contribution is -0.138. The van der Waals surface area contributed by atoms with Crippen molar-refractivity contribution in [2.24, 2.45) is 0 Å². The van der Waals surface area contributed by atoms with Crippen molar-refractivity contribution >= 4 is 22.6 Å². The number of fused-ring (bicyclic) bond motifs is 1. The standard InChI is InChI=1S/C22H33N3O3S/c1-16(23-2)21(26)24-20-10-6-9-18-11-12-19(25(18)22(20)27)15-29(28)14-13-17-7-4-3-5-8-17/h3-5,7-8,16,18-20,23H,6,9-15H2,1-2H3,(H,24,26)/t16?,18-,19-,20-,29?/m0/s1. The molecule has 7 heteroatoms. The quantitative estimate of drug-likeness (QED) is 0.671. The Labute approximate surface area is 176 Å². The second-order valence-corrected chi connectivity index (χ2v) is 9.80. The predicted octanol–water partition coefficient (Wildman–Crippen LogP) is 1.61. The van der Waals surface area contributed by atoms with E-state index < -0.39 is 16.8 Å². The molecule has 3 rings (SSSR count). The van der Waals surface area contributed by atoms with Crippen molar-refractivity contribution < 1.29 is 13.8 Å². The molecule has 2 amide bonds. The Balaban J connectivity index is 1.60. The van der Waals surface area contributed by atoms with Crippen LogP contribution in [0.15, 0.2) is 30.3 Å². The Morgan fingerprint density at radius 2 is 1.97 bits per heavy atom. The van der Waals surface area contributed by atoms with E-state index in [1.807, 2.05) is 23.1 Å². The second kappa shape index (κ2) is 10.3. The molecule has 2 unspecified atom stereocenters. The van der Waals surface area contributed by atoms with Gasteiger partial charge < -0.3 is 15.5 Å². The van der Waals surface area contributed by atoms with E-state index >= 15 is 0 Å². The first-order valence-corrected chi connectivity index (χ1v) is 12.2. The maximum Gasteiger partial charge on any atom is 0.245 e. The minimum Gasteiger partial charge on any atom is -0.343 e. The van der Waals surface area contributed by atoms with Crippen LogP contribution in [0.1, 0.15) is 44.6 Å². The van der Waals surface area contributed by atoms with Crippen molar-refractivity contribution in [3.8, 4) is 0 Å².